The van der Waals surface area contributed by atoms with E-state index in [1.165, 1.54) is 0 Å². The van der Waals surface area contributed by atoms with Crippen LogP contribution in [0.2, 0.25) is 10.2 Å². The zero-order chi connectivity index (χ0) is 10.3. The number of H-pyrrole nitrogens is 1. The van der Waals surface area contributed by atoms with E-state index < -0.39 is 0 Å². The number of aromatic nitrogens is 1. The number of aliphatic hydroxyl groups is 1. The summed E-state index contributed by atoms with van der Waals surface area (Å²) in [4.78, 5) is 3.01. The molecule has 1 aromatic carbocycles. The van der Waals surface area contributed by atoms with Crippen molar-refractivity contribution in [3.8, 4) is 0 Å². The third kappa shape index (κ3) is 1.31. The number of aromatic amines is 1. The van der Waals surface area contributed by atoms with Crippen LogP contribution in [0.5, 0.6) is 0 Å². The summed E-state index contributed by atoms with van der Waals surface area (Å²) < 4.78 is 0. The molecule has 1 heterocycles. The molecule has 0 aliphatic carbocycles. The summed E-state index contributed by atoms with van der Waals surface area (Å²) in [6, 6.07) is 3.67. The summed E-state index contributed by atoms with van der Waals surface area (Å²) in [5.74, 6) is 0. The van der Waals surface area contributed by atoms with E-state index in [2.05, 4.69) is 4.98 Å². The second kappa shape index (κ2) is 3.46. The number of rotatable bonds is 1. The number of aliphatic hydroxyl groups excluding tert-OH is 1. The Morgan fingerprint density at radius 2 is 2.07 bits per heavy atom. The van der Waals surface area contributed by atoms with E-state index in [-0.39, 0.29) is 6.61 Å². The molecule has 0 bridgehead atoms. The summed E-state index contributed by atoms with van der Waals surface area (Å²) in [5.41, 5.74) is 2.57. The van der Waals surface area contributed by atoms with Gasteiger partial charge in [-0.3, -0.25) is 0 Å². The molecular formula is C10H9Cl2NO. The van der Waals surface area contributed by atoms with Gasteiger partial charge in [-0.2, -0.15) is 0 Å². The van der Waals surface area contributed by atoms with Crippen molar-refractivity contribution in [2.75, 3.05) is 0 Å². The van der Waals surface area contributed by atoms with Gasteiger partial charge in [-0.15, -0.1) is 0 Å². The average Bonchev–Trinajstić information content (AvgIpc) is 2.49. The number of hydrogen-bond donors (Lipinski definition) is 2. The number of halogens is 2. The van der Waals surface area contributed by atoms with Crippen molar-refractivity contribution >= 4 is 34.1 Å². The second-order valence-corrected chi connectivity index (χ2v) is 3.96. The highest BCUT2D eigenvalue weighted by Gasteiger charge is 2.11. The van der Waals surface area contributed by atoms with Gasteiger partial charge in [-0.25, -0.2) is 0 Å². The van der Waals surface area contributed by atoms with Crippen LogP contribution in [0, 0.1) is 6.92 Å². The van der Waals surface area contributed by atoms with Crippen LogP contribution in [0.15, 0.2) is 12.1 Å². The Morgan fingerprint density at radius 1 is 1.36 bits per heavy atom. The lowest BCUT2D eigenvalue weighted by molar-refractivity contribution is 0.283. The highest BCUT2D eigenvalue weighted by Crippen LogP contribution is 2.31. The minimum atomic E-state index is -0.0695. The van der Waals surface area contributed by atoms with Crippen LogP contribution in [0.3, 0.4) is 0 Å². The quantitative estimate of drug-likeness (QED) is 0.774. The summed E-state index contributed by atoms with van der Waals surface area (Å²) in [7, 11) is 0. The topological polar surface area (TPSA) is 36.0 Å². The van der Waals surface area contributed by atoms with E-state index in [0.717, 1.165) is 22.0 Å². The highest BCUT2D eigenvalue weighted by molar-refractivity contribution is 6.33. The number of hydrogen-bond acceptors (Lipinski definition) is 1. The van der Waals surface area contributed by atoms with Crippen molar-refractivity contribution in [1.82, 2.24) is 4.98 Å². The van der Waals surface area contributed by atoms with Crippen molar-refractivity contribution in [3.63, 3.8) is 0 Å². The number of benzene rings is 1. The first-order valence-electron chi connectivity index (χ1n) is 4.21. The van der Waals surface area contributed by atoms with Gasteiger partial charge in [-0.1, -0.05) is 29.3 Å². The first-order valence-corrected chi connectivity index (χ1v) is 4.96. The van der Waals surface area contributed by atoms with Gasteiger partial charge in [0, 0.05) is 16.0 Å². The molecule has 2 rings (SSSR count). The van der Waals surface area contributed by atoms with Gasteiger partial charge in [0.2, 0.25) is 0 Å². The van der Waals surface area contributed by atoms with Crippen LogP contribution in [0.25, 0.3) is 10.9 Å². The number of nitrogens with one attached hydrogen (secondary N) is 1. The molecule has 0 saturated heterocycles. The maximum absolute atomic E-state index is 9.13. The van der Waals surface area contributed by atoms with Crippen molar-refractivity contribution < 1.29 is 5.11 Å². The Bertz CT molecular complexity index is 490. The van der Waals surface area contributed by atoms with Gasteiger partial charge >= 0.3 is 0 Å². The third-order valence-electron chi connectivity index (χ3n) is 2.38. The molecular weight excluding hydrogens is 221 g/mol. The maximum Gasteiger partial charge on any atom is 0.112 e. The van der Waals surface area contributed by atoms with Crippen LogP contribution in [0.4, 0.5) is 0 Å². The zero-order valence-corrected chi connectivity index (χ0v) is 9.08. The summed E-state index contributed by atoms with van der Waals surface area (Å²) in [6.45, 7) is 1.85. The smallest absolute Gasteiger partial charge is 0.112 e. The minimum Gasteiger partial charge on any atom is -0.392 e. The molecule has 4 heteroatoms. The van der Waals surface area contributed by atoms with Gasteiger partial charge in [-0.05, 0) is 18.6 Å². The summed E-state index contributed by atoms with van der Waals surface area (Å²) in [6.07, 6.45) is 0. The Kier molecular flexibility index (Phi) is 2.43. The summed E-state index contributed by atoms with van der Waals surface area (Å²) in [5, 5.41) is 11.2. The van der Waals surface area contributed by atoms with E-state index in [1.807, 2.05) is 19.1 Å². The molecule has 0 fully saturated rings. The van der Waals surface area contributed by atoms with Crippen molar-refractivity contribution in [3.05, 3.63) is 33.4 Å². The molecule has 0 atom stereocenters. The van der Waals surface area contributed by atoms with Crippen LogP contribution in [-0.2, 0) is 6.61 Å². The predicted molar refractivity (Wildman–Crippen MR) is 59.0 cm³/mol. The molecule has 0 spiro atoms. The zero-order valence-electron chi connectivity index (χ0n) is 7.56. The van der Waals surface area contributed by atoms with Gasteiger partial charge in [0.05, 0.1) is 12.1 Å². The van der Waals surface area contributed by atoms with E-state index in [1.54, 1.807) is 0 Å². The molecule has 0 amide bonds. The van der Waals surface area contributed by atoms with Crippen molar-refractivity contribution in [2.45, 2.75) is 13.5 Å². The largest absolute Gasteiger partial charge is 0.392 e. The Labute approximate surface area is 91.5 Å². The molecule has 2 nitrogen and oxygen atoms in total. The van der Waals surface area contributed by atoms with E-state index in [4.69, 9.17) is 28.3 Å². The van der Waals surface area contributed by atoms with E-state index in [0.29, 0.717) is 10.2 Å². The van der Waals surface area contributed by atoms with Crippen molar-refractivity contribution in [1.29, 1.82) is 0 Å². The van der Waals surface area contributed by atoms with E-state index in [9.17, 15) is 0 Å². The number of fused-ring (bicyclic) bond motifs is 1. The third-order valence-corrected chi connectivity index (χ3v) is 3.11. The number of aryl methyl sites for hydroxylation is 1. The molecule has 14 heavy (non-hydrogen) atoms. The van der Waals surface area contributed by atoms with E-state index >= 15 is 0 Å². The molecule has 2 aromatic rings. The lowest BCUT2D eigenvalue weighted by Gasteiger charge is -1.99. The summed E-state index contributed by atoms with van der Waals surface area (Å²) >= 11 is 11.9. The van der Waals surface area contributed by atoms with Crippen LogP contribution in [-0.4, -0.2) is 10.1 Å². The van der Waals surface area contributed by atoms with Gasteiger partial charge < -0.3 is 10.1 Å². The lowest BCUT2D eigenvalue weighted by atomic mass is 10.1. The lowest BCUT2D eigenvalue weighted by Crippen LogP contribution is -1.81. The fourth-order valence-electron chi connectivity index (χ4n) is 1.56. The molecule has 0 unspecified atom stereocenters. The Morgan fingerprint density at radius 3 is 2.71 bits per heavy atom. The fraction of sp³-hybridized carbons (Fsp3) is 0.200. The molecule has 0 saturated carbocycles. The van der Waals surface area contributed by atoms with Crippen LogP contribution in [0.1, 0.15) is 11.1 Å². The minimum absolute atomic E-state index is 0.0695. The average molecular weight is 230 g/mol. The molecule has 1 aromatic heterocycles. The molecule has 2 N–H and O–H groups in total. The standard InChI is InChI=1S/C10H9Cl2NO/c1-5-8(11)3-2-6-7(4-14)10(12)13-9(5)6/h2-3,13-14H,4H2,1H3. The Balaban J connectivity index is 2.87. The van der Waals surface area contributed by atoms with Crippen LogP contribution >= 0.6 is 23.2 Å². The maximum atomic E-state index is 9.13. The molecule has 0 aliphatic heterocycles. The van der Waals surface area contributed by atoms with Crippen LogP contribution < -0.4 is 0 Å². The SMILES string of the molecule is Cc1c(Cl)ccc2c(CO)c(Cl)[nH]c12. The highest BCUT2D eigenvalue weighted by atomic mass is 35.5. The second-order valence-electron chi connectivity index (χ2n) is 3.17. The monoisotopic (exact) mass is 229 g/mol. The first-order chi connectivity index (χ1) is 6.65. The normalized spacial score (nSPS) is 11.1. The van der Waals surface area contributed by atoms with Gasteiger partial charge in [0.1, 0.15) is 5.15 Å². The fourth-order valence-corrected chi connectivity index (χ4v) is 1.97. The molecule has 0 radical (unpaired) electrons. The predicted octanol–water partition coefficient (Wildman–Crippen LogP) is 3.28. The van der Waals surface area contributed by atoms with Gasteiger partial charge in [0.15, 0.2) is 0 Å². The van der Waals surface area contributed by atoms with Gasteiger partial charge in [0.25, 0.3) is 0 Å². The first kappa shape index (κ1) is 9.84. The molecule has 0 aliphatic rings. The Hall–Kier alpha value is -0.700. The van der Waals surface area contributed by atoms with Crippen molar-refractivity contribution in [2.24, 2.45) is 0 Å². The molecule has 74 valence electrons.